The average molecular weight is 239 g/mol. The molecule has 0 unspecified atom stereocenters. The summed E-state index contributed by atoms with van der Waals surface area (Å²) in [6, 6.07) is 17.5. The first kappa shape index (κ1) is 12.4. The Kier molecular flexibility index (Phi) is 4.15. The van der Waals surface area contributed by atoms with Gasteiger partial charge in [0, 0.05) is 6.04 Å². The van der Waals surface area contributed by atoms with Gasteiger partial charge in [0.1, 0.15) is 11.5 Å². The molecule has 0 heterocycles. The van der Waals surface area contributed by atoms with Crippen LogP contribution in [0.25, 0.3) is 0 Å². The maximum Gasteiger partial charge on any atom is 0.127 e. The van der Waals surface area contributed by atoms with Crippen molar-refractivity contribution in [3.63, 3.8) is 0 Å². The molecule has 2 rings (SSSR count). The van der Waals surface area contributed by atoms with Crippen molar-refractivity contribution in [2.75, 3.05) is 0 Å². The maximum atomic E-state index is 6.04. The fourth-order valence-electron chi connectivity index (χ4n) is 1.75. The molecule has 0 radical (unpaired) electrons. The van der Waals surface area contributed by atoms with E-state index in [1.807, 2.05) is 60.7 Å². The number of hydrogen-bond donors (Lipinski definition) is 1. The van der Waals surface area contributed by atoms with Crippen LogP contribution in [-0.2, 0) is 0 Å². The van der Waals surface area contributed by atoms with Crippen LogP contribution in [0.5, 0.6) is 11.5 Å². The number of nitrogens with two attached hydrogens (primary N) is 1. The number of benzene rings is 2. The lowest BCUT2D eigenvalue weighted by atomic mass is 10.0. The van der Waals surface area contributed by atoms with Gasteiger partial charge in [-0.15, -0.1) is 6.58 Å². The van der Waals surface area contributed by atoms with Gasteiger partial charge in [-0.1, -0.05) is 36.4 Å². The highest BCUT2D eigenvalue weighted by Gasteiger charge is 2.05. The molecule has 92 valence electrons. The second kappa shape index (κ2) is 6.03. The van der Waals surface area contributed by atoms with Crippen LogP contribution in [0.3, 0.4) is 0 Å². The van der Waals surface area contributed by atoms with E-state index in [1.54, 1.807) is 0 Å². The Hall–Kier alpha value is -2.06. The predicted molar refractivity (Wildman–Crippen MR) is 74.7 cm³/mol. The van der Waals surface area contributed by atoms with E-state index in [4.69, 9.17) is 10.5 Å². The number of ether oxygens (including phenoxy) is 1. The Labute approximate surface area is 108 Å². The van der Waals surface area contributed by atoms with Gasteiger partial charge < -0.3 is 10.5 Å². The molecule has 0 aliphatic heterocycles. The van der Waals surface area contributed by atoms with Crippen molar-refractivity contribution in [1.82, 2.24) is 0 Å². The van der Waals surface area contributed by atoms with Gasteiger partial charge in [0.2, 0.25) is 0 Å². The zero-order valence-corrected chi connectivity index (χ0v) is 10.3. The molecule has 0 bridgehead atoms. The third-order valence-corrected chi connectivity index (χ3v) is 2.69. The Morgan fingerprint density at radius 1 is 1.06 bits per heavy atom. The van der Waals surface area contributed by atoms with E-state index in [0.717, 1.165) is 23.5 Å². The Bertz CT molecular complexity index is 508. The van der Waals surface area contributed by atoms with Crippen LogP contribution >= 0.6 is 0 Å². The highest BCUT2D eigenvalue weighted by Crippen LogP contribution is 2.24. The van der Waals surface area contributed by atoms with E-state index in [2.05, 4.69) is 6.58 Å². The van der Waals surface area contributed by atoms with Crippen molar-refractivity contribution in [2.24, 2.45) is 5.73 Å². The lowest BCUT2D eigenvalue weighted by Gasteiger charge is -2.11. The third-order valence-electron chi connectivity index (χ3n) is 2.69. The molecular weight excluding hydrogens is 222 g/mol. The molecule has 0 aliphatic carbocycles. The summed E-state index contributed by atoms with van der Waals surface area (Å²) in [6.45, 7) is 3.71. The molecule has 0 saturated heterocycles. The maximum absolute atomic E-state index is 6.04. The van der Waals surface area contributed by atoms with Crippen molar-refractivity contribution >= 4 is 0 Å². The summed E-state index contributed by atoms with van der Waals surface area (Å²) in [6.07, 6.45) is 2.59. The molecule has 0 aliphatic rings. The molecule has 2 aromatic rings. The minimum atomic E-state index is -0.0261. The minimum absolute atomic E-state index is 0.0261. The van der Waals surface area contributed by atoms with E-state index in [-0.39, 0.29) is 6.04 Å². The Morgan fingerprint density at radius 3 is 2.50 bits per heavy atom. The molecule has 0 spiro atoms. The summed E-state index contributed by atoms with van der Waals surface area (Å²) in [7, 11) is 0. The summed E-state index contributed by atoms with van der Waals surface area (Å²) >= 11 is 0. The molecule has 2 nitrogen and oxygen atoms in total. The molecule has 0 saturated carbocycles. The molecular formula is C16H17NO. The van der Waals surface area contributed by atoms with Crippen molar-refractivity contribution in [1.29, 1.82) is 0 Å². The summed E-state index contributed by atoms with van der Waals surface area (Å²) in [4.78, 5) is 0. The minimum Gasteiger partial charge on any atom is -0.457 e. The van der Waals surface area contributed by atoms with Gasteiger partial charge >= 0.3 is 0 Å². The third kappa shape index (κ3) is 3.22. The average Bonchev–Trinajstić information content (AvgIpc) is 2.40. The summed E-state index contributed by atoms with van der Waals surface area (Å²) < 4.78 is 5.77. The van der Waals surface area contributed by atoms with E-state index in [9.17, 15) is 0 Å². The van der Waals surface area contributed by atoms with E-state index in [0.29, 0.717) is 0 Å². The van der Waals surface area contributed by atoms with E-state index < -0.39 is 0 Å². The molecule has 0 aromatic heterocycles. The second-order valence-electron chi connectivity index (χ2n) is 4.12. The molecule has 2 heteroatoms. The Morgan fingerprint density at radius 2 is 1.78 bits per heavy atom. The van der Waals surface area contributed by atoms with Gasteiger partial charge in [0.25, 0.3) is 0 Å². The van der Waals surface area contributed by atoms with Crippen molar-refractivity contribution in [3.8, 4) is 11.5 Å². The van der Waals surface area contributed by atoms with Crippen molar-refractivity contribution < 1.29 is 4.74 Å². The van der Waals surface area contributed by atoms with Crippen LogP contribution < -0.4 is 10.5 Å². The Balaban J connectivity index is 2.15. The first-order valence-electron chi connectivity index (χ1n) is 5.99. The van der Waals surface area contributed by atoms with E-state index >= 15 is 0 Å². The fourth-order valence-corrected chi connectivity index (χ4v) is 1.75. The zero-order chi connectivity index (χ0) is 12.8. The second-order valence-corrected chi connectivity index (χ2v) is 4.12. The van der Waals surface area contributed by atoms with Gasteiger partial charge in [0.15, 0.2) is 0 Å². The monoisotopic (exact) mass is 239 g/mol. The molecule has 0 fully saturated rings. The summed E-state index contributed by atoms with van der Waals surface area (Å²) in [5.74, 6) is 1.63. The largest absolute Gasteiger partial charge is 0.457 e. The number of para-hydroxylation sites is 1. The van der Waals surface area contributed by atoms with Crippen molar-refractivity contribution in [3.05, 3.63) is 72.8 Å². The highest BCUT2D eigenvalue weighted by atomic mass is 16.5. The van der Waals surface area contributed by atoms with Gasteiger partial charge in [-0.05, 0) is 36.2 Å². The van der Waals surface area contributed by atoms with Gasteiger partial charge in [-0.3, -0.25) is 0 Å². The van der Waals surface area contributed by atoms with Crippen LogP contribution in [0.15, 0.2) is 67.3 Å². The summed E-state index contributed by atoms with van der Waals surface area (Å²) in [5.41, 5.74) is 7.10. The smallest absolute Gasteiger partial charge is 0.127 e. The number of hydrogen-bond acceptors (Lipinski definition) is 2. The zero-order valence-electron chi connectivity index (χ0n) is 10.3. The SMILES string of the molecule is C=CC[C@@H](N)c1cccc(Oc2ccccc2)c1. The van der Waals surface area contributed by atoms with Crippen molar-refractivity contribution in [2.45, 2.75) is 12.5 Å². The molecule has 18 heavy (non-hydrogen) atoms. The topological polar surface area (TPSA) is 35.2 Å². The van der Waals surface area contributed by atoms with Crippen LogP contribution in [0.4, 0.5) is 0 Å². The predicted octanol–water partition coefficient (Wildman–Crippen LogP) is 4.05. The first-order chi connectivity index (χ1) is 8.79. The van der Waals surface area contributed by atoms with E-state index in [1.165, 1.54) is 0 Å². The molecule has 1 atom stereocenters. The highest BCUT2D eigenvalue weighted by molar-refractivity contribution is 5.35. The summed E-state index contributed by atoms with van der Waals surface area (Å²) in [5, 5.41) is 0. The molecule has 2 aromatic carbocycles. The standard InChI is InChI=1S/C16H17NO/c1-2-7-16(17)13-8-6-11-15(12-13)18-14-9-4-3-5-10-14/h2-6,8-12,16H,1,7,17H2/t16-/m1/s1. The lowest BCUT2D eigenvalue weighted by molar-refractivity contribution is 0.481. The van der Waals surface area contributed by atoms with Gasteiger partial charge in [-0.25, -0.2) is 0 Å². The van der Waals surface area contributed by atoms with Crippen LogP contribution in [0, 0.1) is 0 Å². The lowest BCUT2D eigenvalue weighted by Crippen LogP contribution is -2.08. The van der Waals surface area contributed by atoms with Gasteiger partial charge in [-0.2, -0.15) is 0 Å². The normalized spacial score (nSPS) is 11.8. The van der Waals surface area contributed by atoms with Crippen LogP contribution in [0.2, 0.25) is 0 Å². The number of rotatable bonds is 5. The quantitative estimate of drug-likeness (QED) is 0.799. The molecule has 2 N–H and O–H groups in total. The molecule has 0 amide bonds. The van der Waals surface area contributed by atoms with Crippen LogP contribution in [-0.4, -0.2) is 0 Å². The fraction of sp³-hybridized carbons (Fsp3) is 0.125. The van der Waals surface area contributed by atoms with Gasteiger partial charge in [0.05, 0.1) is 0 Å². The van der Waals surface area contributed by atoms with Crippen LogP contribution in [0.1, 0.15) is 18.0 Å². The first-order valence-corrected chi connectivity index (χ1v) is 5.99.